The van der Waals surface area contributed by atoms with Crippen LogP contribution < -0.4 is 10.6 Å². The van der Waals surface area contributed by atoms with Crippen molar-refractivity contribution in [1.82, 2.24) is 15.5 Å². The second kappa shape index (κ2) is 17.0. The van der Waals surface area contributed by atoms with Crippen molar-refractivity contribution in [2.75, 3.05) is 20.1 Å². The third-order valence-corrected chi connectivity index (χ3v) is 3.71. The van der Waals surface area contributed by atoms with Gasteiger partial charge in [-0.15, -0.1) is 0 Å². The molecule has 0 aliphatic carbocycles. The molecule has 0 aromatic heterocycles. The van der Waals surface area contributed by atoms with Gasteiger partial charge in [0.15, 0.2) is 0 Å². The molecule has 0 aromatic rings. The van der Waals surface area contributed by atoms with Crippen LogP contribution in [0.5, 0.6) is 0 Å². The highest BCUT2D eigenvalue weighted by atomic mass is 16.2. The number of hydrogen-bond acceptors (Lipinski definition) is 5. The molecular weight excluding hydrogens is 366 g/mol. The first-order valence-corrected chi connectivity index (χ1v) is 9.34. The van der Waals surface area contributed by atoms with E-state index in [2.05, 4.69) is 37.6 Å². The van der Waals surface area contributed by atoms with E-state index < -0.39 is 0 Å². The fourth-order valence-electron chi connectivity index (χ4n) is 1.98. The Bertz CT molecular complexity index is 693. The van der Waals surface area contributed by atoms with Crippen LogP contribution in [0.1, 0.15) is 34.1 Å². The quantitative estimate of drug-likeness (QED) is 0.240. The Hall–Kier alpha value is -3.16. The zero-order chi connectivity index (χ0) is 22.8. The number of hydrogen-bond donors (Lipinski definition) is 2. The van der Waals surface area contributed by atoms with Crippen molar-refractivity contribution in [2.45, 2.75) is 40.2 Å². The van der Waals surface area contributed by atoms with Gasteiger partial charge in [0.1, 0.15) is 6.54 Å². The summed E-state index contributed by atoms with van der Waals surface area (Å²) in [7, 11) is 1.75. The molecule has 0 bridgehead atoms. The van der Waals surface area contributed by atoms with E-state index in [1.807, 2.05) is 26.0 Å². The van der Waals surface area contributed by atoms with E-state index in [1.165, 1.54) is 4.90 Å². The minimum absolute atomic E-state index is 0.0785. The van der Waals surface area contributed by atoms with Crippen molar-refractivity contribution in [1.29, 1.82) is 10.5 Å². The van der Waals surface area contributed by atoms with Gasteiger partial charge in [-0.05, 0) is 50.5 Å². The van der Waals surface area contributed by atoms with Crippen molar-refractivity contribution in [3.63, 3.8) is 0 Å². The number of carbonyl (C=O) groups is 2. The van der Waals surface area contributed by atoms with Crippen LogP contribution >= 0.6 is 0 Å². The molecule has 0 aliphatic heterocycles. The first kappa shape index (κ1) is 28.1. The predicted molar refractivity (Wildman–Crippen MR) is 116 cm³/mol. The van der Waals surface area contributed by atoms with Crippen molar-refractivity contribution < 1.29 is 9.59 Å². The number of carbonyl (C=O) groups excluding carboxylic acids is 2. The summed E-state index contributed by atoms with van der Waals surface area (Å²) in [5.41, 5.74) is 1.99. The summed E-state index contributed by atoms with van der Waals surface area (Å²) in [4.78, 5) is 23.4. The maximum absolute atomic E-state index is 11.3. The van der Waals surface area contributed by atoms with Crippen LogP contribution in [-0.2, 0) is 9.59 Å². The van der Waals surface area contributed by atoms with Crippen LogP contribution in [0, 0.1) is 28.6 Å². The first-order chi connectivity index (χ1) is 13.7. The molecule has 0 aromatic carbocycles. The Morgan fingerprint density at radius 2 is 1.86 bits per heavy atom. The van der Waals surface area contributed by atoms with Gasteiger partial charge < -0.3 is 15.5 Å². The van der Waals surface area contributed by atoms with Gasteiger partial charge in [-0.3, -0.25) is 9.59 Å². The third kappa shape index (κ3) is 14.6. The number of likely N-dealkylation sites (N-methyl/N-ethyl adjacent to an activating group) is 1. The predicted octanol–water partition coefficient (Wildman–Crippen LogP) is 2.82. The Balaban J connectivity index is 0. The van der Waals surface area contributed by atoms with Crippen LogP contribution in [-0.4, -0.2) is 43.4 Å². The smallest absolute Gasteiger partial charge is 0.237 e. The number of nitriles is 2. The van der Waals surface area contributed by atoms with Crippen molar-refractivity contribution in [3.05, 3.63) is 48.2 Å². The maximum Gasteiger partial charge on any atom is 0.237 e. The number of rotatable bonds is 11. The van der Waals surface area contributed by atoms with Crippen LogP contribution in [0.15, 0.2) is 48.2 Å². The zero-order valence-electron chi connectivity index (χ0n) is 18.2. The Labute approximate surface area is 175 Å². The van der Waals surface area contributed by atoms with Crippen LogP contribution in [0.25, 0.3) is 0 Å². The molecule has 0 radical (unpaired) electrons. The van der Waals surface area contributed by atoms with Crippen LogP contribution in [0.2, 0.25) is 0 Å². The normalized spacial score (nSPS) is 11.5. The lowest BCUT2D eigenvalue weighted by atomic mass is 10.0. The Kier molecular flexibility index (Phi) is 16.4. The Morgan fingerprint density at radius 3 is 2.28 bits per heavy atom. The molecule has 7 nitrogen and oxygen atoms in total. The van der Waals surface area contributed by atoms with Crippen LogP contribution in [0.3, 0.4) is 0 Å². The molecule has 0 heterocycles. The van der Waals surface area contributed by atoms with E-state index in [4.69, 9.17) is 10.5 Å². The molecule has 0 aliphatic rings. The topological polar surface area (TPSA) is 109 Å². The van der Waals surface area contributed by atoms with E-state index in [1.54, 1.807) is 25.4 Å². The summed E-state index contributed by atoms with van der Waals surface area (Å²) < 4.78 is 0. The summed E-state index contributed by atoms with van der Waals surface area (Å²) in [5.74, 6) is 0.364. The van der Waals surface area contributed by atoms with Gasteiger partial charge in [0.05, 0.1) is 18.2 Å². The molecule has 0 fully saturated rings. The van der Waals surface area contributed by atoms with Crippen molar-refractivity contribution in [3.8, 4) is 12.1 Å². The van der Waals surface area contributed by atoms with Gasteiger partial charge >= 0.3 is 0 Å². The lowest BCUT2D eigenvalue weighted by molar-refractivity contribution is -0.123. The highest BCUT2D eigenvalue weighted by Gasteiger charge is 2.16. The van der Waals surface area contributed by atoms with E-state index in [-0.39, 0.29) is 18.5 Å². The minimum atomic E-state index is -0.187. The Morgan fingerprint density at radius 1 is 1.24 bits per heavy atom. The fraction of sp³-hybridized carbons (Fsp3) is 0.455. The summed E-state index contributed by atoms with van der Waals surface area (Å²) >= 11 is 0. The number of allylic oxidation sites excluding steroid dienone is 5. The molecule has 1 atom stereocenters. The van der Waals surface area contributed by atoms with E-state index >= 15 is 0 Å². The average molecular weight is 400 g/mol. The molecule has 158 valence electrons. The maximum atomic E-state index is 11.3. The molecule has 0 saturated carbocycles. The van der Waals surface area contributed by atoms with Crippen molar-refractivity contribution >= 4 is 12.3 Å². The number of nitrogens with one attached hydrogen (secondary N) is 2. The minimum Gasteiger partial charge on any atom is -0.342 e. The van der Waals surface area contributed by atoms with Gasteiger partial charge in [0.2, 0.25) is 12.3 Å². The van der Waals surface area contributed by atoms with Gasteiger partial charge in [0, 0.05) is 18.3 Å². The monoisotopic (exact) mass is 399 g/mol. The highest BCUT2D eigenvalue weighted by molar-refractivity contribution is 5.81. The fourth-order valence-corrected chi connectivity index (χ4v) is 1.98. The largest absolute Gasteiger partial charge is 0.342 e. The highest BCUT2D eigenvalue weighted by Crippen LogP contribution is 2.10. The molecule has 7 heteroatoms. The van der Waals surface area contributed by atoms with Gasteiger partial charge in [-0.25, -0.2) is 0 Å². The number of nitrogens with zero attached hydrogens (tertiary/aromatic N) is 3. The van der Waals surface area contributed by atoms with Gasteiger partial charge in [-0.1, -0.05) is 33.1 Å². The zero-order valence-corrected chi connectivity index (χ0v) is 18.2. The molecule has 29 heavy (non-hydrogen) atoms. The molecule has 1 unspecified atom stereocenters. The molecule has 2 amide bonds. The summed E-state index contributed by atoms with van der Waals surface area (Å²) in [6, 6.07) is 3.60. The first-order valence-electron chi connectivity index (χ1n) is 9.34. The van der Waals surface area contributed by atoms with E-state index in [0.29, 0.717) is 18.0 Å². The van der Waals surface area contributed by atoms with Crippen LogP contribution in [0.4, 0.5) is 0 Å². The van der Waals surface area contributed by atoms with E-state index in [9.17, 15) is 9.59 Å². The van der Waals surface area contributed by atoms with Gasteiger partial charge in [-0.2, -0.15) is 10.5 Å². The van der Waals surface area contributed by atoms with Gasteiger partial charge in [0.25, 0.3) is 0 Å². The standard InChI is InChI=1S/C13H16N2O.C9H17N3O/c1-5-15(10-16)9-13(4)12(3)7-6-11(2)8-14;1-7(2)6-8(11-3)9(13)12-5-4-10/h6-7,9-10H,2-3,5H2,1,4H3;7-8,11H,5-6H2,1-3H3,(H,12,13)/b7-6-,13-9+;. The molecule has 0 spiro atoms. The molecule has 2 N–H and O–H groups in total. The molecule has 0 saturated heterocycles. The van der Waals surface area contributed by atoms with E-state index in [0.717, 1.165) is 24.0 Å². The second-order valence-corrected chi connectivity index (χ2v) is 6.59. The summed E-state index contributed by atoms with van der Waals surface area (Å²) in [5, 5.41) is 22.2. The average Bonchev–Trinajstić information content (AvgIpc) is 2.71. The SMILES string of the molecule is C=C(C#N)/C=C\C(=C)/C(C)=C/N(C=O)CC.CNC(CC(C)C)C(=O)NCC#N. The molecular formula is C22H33N5O2. The molecule has 0 rings (SSSR count). The number of amides is 2. The second-order valence-electron chi connectivity index (χ2n) is 6.59. The summed E-state index contributed by atoms with van der Waals surface area (Å²) in [6.07, 6.45) is 6.56. The lowest BCUT2D eigenvalue weighted by Crippen LogP contribution is -2.43. The van der Waals surface area contributed by atoms with Crippen molar-refractivity contribution in [2.24, 2.45) is 5.92 Å². The summed E-state index contributed by atoms with van der Waals surface area (Å²) in [6.45, 7) is 15.9. The lowest BCUT2D eigenvalue weighted by Gasteiger charge is -2.16. The third-order valence-electron chi connectivity index (χ3n) is 3.71.